The molecule has 2 nitrogen and oxygen atoms in total. The first-order valence-electron chi connectivity index (χ1n) is 6.58. The molecule has 2 aliphatic carbocycles. The molecule has 2 aliphatic rings. The van der Waals surface area contributed by atoms with Gasteiger partial charge in [-0.05, 0) is 50.0 Å². The van der Waals surface area contributed by atoms with Crippen molar-refractivity contribution >= 4 is 0 Å². The zero-order valence-corrected chi connectivity index (χ0v) is 10.1. The molecule has 0 saturated heterocycles. The lowest BCUT2D eigenvalue weighted by molar-refractivity contribution is 0.114. The highest BCUT2D eigenvalue weighted by molar-refractivity contribution is 4.94. The number of aliphatic hydroxyl groups excluding tert-OH is 1. The molecule has 2 rings (SSSR count). The number of fused-ring (bicyclic) bond motifs is 2. The van der Waals surface area contributed by atoms with Crippen molar-refractivity contribution in [3.05, 3.63) is 0 Å². The molecule has 0 amide bonds. The van der Waals surface area contributed by atoms with Gasteiger partial charge in [-0.2, -0.15) is 0 Å². The Labute approximate surface area is 93.5 Å². The Bertz CT molecular complexity index is 205. The normalized spacial score (nSPS) is 36.4. The van der Waals surface area contributed by atoms with Gasteiger partial charge in [-0.3, -0.25) is 0 Å². The van der Waals surface area contributed by atoms with Crippen LogP contribution in [0.25, 0.3) is 0 Å². The van der Waals surface area contributed by atoms with Gasteiger partial charge in [0, 0.05) is 6.04 Å². The largest absolute Gasteiger partial charge is 0.393 e. The molecule has 2 saturated carbocycles. The summed E-state index contributed by atoms with van der Waals surface area (Å²) >= 11 is 0. The minimum absolute atomic E-state index is 0.129. The van der Waals surface area contributed by atoms with Crippen LogP contribution in [0.5, 0.6) is 0 Å². The molecule has 4 atom stereocenters. The van der Waals surface area contributed by atoms with Crippen molar-refractivity contribution in [2.45, 2.75) is 58.1 Å². The van der Waals surface area contributed by atoms with E-state index in [4.69, 9.17) is 0 Å². The van der Waals surface area contributed by atoms with Gasteiger partial charge < -0.3 is 10.4 Å². The topological polar surface area (TPSA) is 32.3 Å². The van der Waals surface area contributed by atoms with Crippen LogP contribution < -0.4 is 5.32 Å². The average Bonchev–Trinajstić information content (AvgIpc) is 2.78. The monoisotopic (exact) mass is 211 g/mol. The molecule has 0 spiro atoms. The van der Waals surface area contributed by atoms with Crippen LogP contribution in [0.4, 0.5) is 0 Å². The van der Waals surface area contributed by atoms with E-state index in [0.29, 0.717) is 5.92 Å². The van der Waals surface area contributed by atoms with Gasteiger partial charge in [-0.1, -0.05) is 20.3 Å². The Morgan fingerprint density at radius 1 is 1.27 bits per heavy atom. The summed E-state index contributed by atoms with van der Waals surface area (Å²) in [5.74, 6) is 2.36. The summed E-state index contributed by atoms with van der Waals surface area (Å²) in [6.07, 6.45) is 6.54. The Morgan fingerprint density at radius 2 is 2.07 bits per heavy atom. The summed E-state index contributed by atoms with van der Waals surface area (Å²) in [6, 6.07) is 0.767. The van der Waals surface area contributed by atoms with Crippen LogP contribution in [0.3, 0.4) is 0 Å². The van der Waals surface area contributed by atoms with Gasteiger partial charge in [-0.15, -0.1) is 0 Å². The molecule has 0 aromatic carbocycles. The zero-order chi connectivity index (χ0) is 10.8. The summed E-state index contributed by atoms with van der Waals surface area (Å²) < 4.78 is 0. The van der Waals surface area contributed by atoms with Crippen LogP contribution in [0, 0.1) is 17.8 Å². The van der Waals surface area contributed by atoms with Crippen LogP contribution in [0.2, 0.25) is 0 Å². The van der Waals surface area contributed by atoms with Crippen molar-refractivity contribution in [1.82, 2.24) is 5.32 Å². The summed E-state index contributed by atoms with van der Waals surface area (Å²) in [5.41, 5.74) is 0. The van der Waals surface area contributed by atoms with Crippen molar-refractivity contribution in [1.29, 1.82) is 0 Å². The third-order valence-corrected chi connectivity index (χ3v) is 4.35. The Balaban J connectivity index is 1.62. The second kappa shape index (κ2) is 4.84. The molecule has 0 aliphatic heterocycles. The maximum atomic E-state index is 9.69. The number of nitrogens with one attached hydrogen (secondary N) is 1. The minimum atomic E-state index is -0.129. The summed E-state index contributed by atoms with van der Waals surface area (Å²) in [6.45, 7) is 5.16. The van der Waals surface area contributed by atoms with Gasteiger partial charge in [0.15, 0.2) is 0 Å². The molecule has 2 N–H and O–H groups in total. The van der Waals surface area contributed by atoms with Gasteiger partial charge in [0.25, 0.3) is 0 Å². The molecule has 0 heterocycles. The van der Waals surface area contributed by atoms with E-state index < -0.39 is 0 Å². The molecule has 0 unspecified atom stereocenters. The van der Waals surface area contributed by atoms with Crippen molar-refractivity contribution in [2.75, 3.05) is 6.54 Å². The molecule has 88 valence electrons. The Hall–Kier alpha value is -0.0800. The lowest BCUT2D eigenvalue weighted by Gasteiger charge is -2.24. The van der Waals surface area contributed by atoms with Gasteiger partial charge >= 0.3 is 0 Å². The third kappa shape index (κ3) is 2.73. The molecule has 2 heteroatoms. The van der Waals surface area contributed by atoms with Crippen LogP contribution in [0.1, 0.15) is 46.0 Å². The van der Waals surface area contributed by atoms with Gasteiger partial charge in [-0.25, -0.2) is 0 Å². The van der Waals surface area contributed by atoms with Crippen molar-refractivity contribution in [3.8, 4) is 0 Å². The zero-order valence-electron chi connectivity index (χ0n) is 10.1. The van der Waals surface area contributed by atoms with Crippen molar-refractivity contribution < 1.29 is 5.11 Å². The Kier molecular flexibility index (Phi) is 3.68. The van der Waals surface area contributed by atoms with Crippen molar-refractivity contribution in [2.24, 2.45) is 17.8 Å². The van der Waals surface area contributed by atoms with E-state index in [2.05, 4.69) is 19.2 Å². The molecule has 2 bridgehead atoms. The molecular weight excluding hydrogens is 186 g/mol. The number of hydrogen-bond donors (Lipinski definition) is 2. The summed E-state index contributed by atoms with van der Waals surface area (Å²) in [7, 11) is 0. The van der Waals surface area contributed by atoms with E-state index >= 15 is 0 Å². The number of hydrogen-bond acceptors (Lipinski definition) is 2. The van der Waals surface area contributed by atoms with E-state index in [1.165, 1.54) is 25.7 Å². The molecule has 2 fully saturated rings. The third-order valence-electron chi connectivity index (χ3n) is 4.35. The predicted molar refractivity (Wildman–Crippen MR) is 62.7 cm³/mol. The first-order chi connectivity index (χ1) is 7.16. The van der Waals surface area contributed by atoms with E-state index in [9.17, 15) is 5.11 Å². The number of rotatable bonds is 5. The first-order valence-corrected chi connectivity index (χ1v) is 6.58. The standard InChI is InChI=1S/C13H25NO/c1-9(2)13(15)5-6-14-12-8-10-3-4-11(12)7-10/h9-15H,3-8H2,1-2H3/t10-,11-,12-,13+/m0/s1. The van der Waals surface area contributed by atoms with Crippen molar-refractivity contribution in [3.63, 3.8) is 0 Å². The molecule has 0 aromatic rings. The fourth-order valence-corrected chi connectivity index (χ4v) is 3.24. The van der Waals surface area contributed by atoms with Crippen LogP contribution in [-0.4, -0.2) is 23.8 Å². The minimum Gasteiger partial charge on any atom is -0.393 e. The number of aliphatic hydroxyl groups is 1. The lowest BCUT2D eigenvalue weighted by atomic mass is 9.95. The average molecular weight is 211 g/mol. The lowest BCUT2D eigenvalue weighted by Crippen LogP contribution is -2.36. The van der Waals surface area contributed by atoms with Crippen LogP contribution in [0.15, 0.2) is 0 Å². The highest BCUT2D eigenvalue weighted by Crippen LogP contribution is 2.44. The van der Waals surface area contributed by atoms with Gasteiger partial charge in [0.2, 0.25) is 0 Å². The van der Waals surface area contributed by atoms with Gasteiger partial charge in [0.05, 0.1) is 6.10 Å². The van der Waals surface area contributed by atoms with Crippen LogP contribution in [-0.2, 0) is 0 Å². The smallest absolute Gasteiger partial charge is 0.0575 e. The maximum Gasteiger partial charge on any atom is 0.0575 e. The molecular formula is C13H25NO. The van der Waals surface area contributed by atoms with E-state index in [1.54, 1.807) is 0 Å². The molecule has 0 aromatic heterocycles. The first kappa shape index (κ1) is 11.4. The second-order valence-electron chi connectivity index (χ2n) is 5.84. The maximum absolute atomic E-state index is 9.69. The summed E-state index contributed by atoms with van der Waals surface area (Å²) in [5, 5.41) is 13.3. The highest BCUT2D eigenvalue weighted by Gasteiger charge is 2.38. The second-order valence-corrected chi connectivity index (χ2v) is 5.84. The van der Waals surface area contributed by atoms with Gasteiger partial charge in [0.1, 0.15) is 0 Å². The quantitative estimate of drug-likeness (QED) is 0.730. The Morgan fingerprint density at radius 3 is 2.60 bits per heavy atom. The highest BCUT2D eigenvalue weighted by atomic mass is 16.3. The van der Waals surface area contributed by atoms with E-state index in [1.807, 2.05) is 0 Å². The van der Waals surface area contributed by atoms with E-state index in [-0.39, 0.29) is 6.10 Å². The van der Waals surface area contributed by atoms with Crippen LogP contribution >= 0.6 is 0 Å². The van der Waals surface area contributed by atoms with E-state index in [0.717, 1.165) is 30.8 Å². The SMILES string of the molecule is CC(C)[C@H](O)CCN[C@H]1C[C@H]2CC[C@H]1C2. The summed E-state index contributed by atoms with van der Waals surface area (Å²) in [4.78, 5) is 0. The molecule has 0 radical (unpaired) electrons. The molecule has 15 heavy (non-hydrogen) atoms. The fraction of sp³-hybridized carbons (Fsp3) is 1.00. The fourth-order valence-electron chi connectivity index (χ4n) is 3.24. The predicted octanol–water partition coefficient (Wildman–Crippen LogP) is 2.17.